The average Bonchev–Trinajstić information content (AvgIpc) is 3.43. The Labute approximate surface area is 218 Å². The number of aryl methyl sites for hydroxylation is 1. The molecule has 1 aromatic heterocycles. The molecule has 0 aliphatic carbocycles. The van der Waals surface area contributed by atoms with Crippen molar-refractivity contribution in [2.75, 3.05) is 26.8 Å². The number of nitrogens with one attached hydrogen (secondary N) is 2. The van der Waals surface area contributed by atoms with Crippen molar-refractivity contribution < 1.29 is 9.47 Å². The Bertz CT molecular complexity index is 1100. The highest BCUT2D eigenvalue weighted by Crippen LogP contribution is 2.25. The van der Waals surface area contributed by atoms with Crippen molar-refractivity contribution in [2.45, 2.75) is 32.7 Å². The monoisotopic (exact) mass is 576 g/mol. The van der Waals surface area contributed by atoms with Gasteiger partial charge >= 0.3 is 0 Å². The summed E-state index contributed by atoms with van der Waals surface area (Å²) in [4.78, 5) is 4.75. The van der Waals surface area contributed by atoms with Gasteiger partial charge in [0.2, 0.25) is 0 Å². The molecule has 0 saturated heterocycles. The Balaban J connectivity index is 0.00000324. The molecule has 9 heteroatoms. The molecule has 3 aromatic rings. The van der Waals surface area contributed by atoms with E-state index >= 15 is 0 Å². The quantitative estimate of drug-likeness (QED) is 0.231. The Morgan fingerprint density at radius 1 is 1.06 bits per heavy atom. The largest absolute Gasteiger partial charge is 0.497 e. The molecule has 2 N–H and O–H groups in total. The number of rotatable bonds is 9. The van der Waals surface area contributed by atoms with Crippen molar-refractivity contribution in [2.24, 2.45) is 12.0 Å². The molecule has 1 aliphatic heterocycles. The van der Waals surface area contributed by atoms with Gasteiger partial charge in [-0.15, -0.1) is 34.2 Å². The molecule has 8 nitrogen and oxygen atoms in total. The predicted octanol–water partition coefficient (Wildman–Crippen LogP) is 3.21. The van der Waals surface area contributed by atoms with E-state index in [1.165, 1.54) is 16.7 Å². The summed E-state index contributed by atoms with van der Waals surface area (Å²) in [5.41, 5.74) is 3.84. The topological polar surface area (TPSA) is 85.6 Å². The van der Waals surface area contributed by atoms with E-state index in [-0.39, 0.29) is 24.0 Å². The lowest BCUT2D eigenvalue weighted by molar-refractivity contribution is 0.357. The summed E-state index contributed by atoms with van der Waals surface area (Å²) in [6.45, 7) is 4.74. The fourth-order valence-corrected chi connectivity index (χ4v) is 3.75. The Kier molecular flexibility index (Phi) is 9.55. The number of hydrogen-bond donors (Lipinski definition) is 2. The van der Waals surface area contributed by atoms with Gasteiger partial charge in [0, 0.05) is 26.6 Å². The molecular weight excluding hydrogens is 543 g/mol. The van der Waals surface area contributed by atoms with E-state index in [0.717, 1.165) is 68.1 Å². The van der Waals surface area contributed by atoms with Gasteiger partial charge in [0.25, 0.3) is 0 Å². The smallest absolute Gasteiger partial charge is 0.191 e. The van der Waals surface area contributed by atoms with E-state index < -0.39 is 0 Å². The first-order chi connectivity index (χ1) is 16.1. The van der Waals surface area contributed by atoms with Crippen molar-refractivity contribution >= 4 is 29.9 Å². The van der Waals surface area contributed by atoms with Crippen LogP contribution in [0.4, 0.5) is 0 Å². The number of aromatic nitrogens is 3. The normalized spacial score (nSPS) is 12.5. The van der Waals surface area contributed by atoms with Crippen LogP contribution in [0.25, 0.3) is 0 Å². The van der Waals surface area contributed by atoms with Gasteiger partial charge in [-0.05, 0) is 54.7 Å². The second-order valence-corrected chi connectivity index (χ2v) is 8.13. The first-order valence-corrected chi connectivity index (χ1v) is 11.4. The van der Waals surface area contributed by atoms with E-state index in [1.54, 1.807) is 7.11 Å². The van der Waals surface area contributed by atoms with Crippen LogP contribution in [0.15, 0.2) is 47.5 Å². The van der Waals surface area contributed by atoms with Crippen molar-refractivity contribution in [3.8, 4) is 11.5 Å². The number of ether oxygens (including phenoxy) is 2. The molecular formula is C25H33IN6O2. The minimum Gasteiger partial charge on any atom is -0.497 e. The Morgan fingerprint density at radius 3 is 2.44 bits per heavy atom. The summed E-state index contributed by atoms with van der Waals surface area (Å²) < 4.78 is 12.8. The highest BCUT2D eigenvalue weighted by molar-refractivity contribution is 14.0. The van der Waals surface area contributed by atoms with E-state index in [0.29, 0.717) is 6.54 Å². The summed E-state index contributed by atoms with van der Waals surface area (Å²) >= 11 is 0. The lowest BCUT2D eigenvalue weighted by Crippen LogP contribution is -2.39. The van der Waals surface area contributed by atoms with E-state index in [4.69, 9.17) is 14.5 Å². The van der Waals surface area contributed by atoms with Crippen molar-refractivity contribution in [3.05, 3.63) is 70.8 Å². The molecule has 4 rings (SSSR count). The van der Waals surface area contributed by atoms with Gasteiger partial charge in [-0.2, -0.15) is 0 Å². The van der Waals surface area contributed by atoms with E-state index in [1.807, 2.05) is 30.7 Å². The van der Waals surface area contributed by atoms with Gasteiger partial charge in [-0.3, -0.25) is 0 Å². The standard InChI is InChI=1S/C25H32N6O2.HI/c1-18-29-30-24(31(18)2)17-28-25(26-13-10-19-4-7-22(32-3)8-5-19)27-14-11-20-6-9-23-21(16-20)12-15-33-23;/h4-9,16H,10-15,17H2,1-3H3,(H2,26,27,28);1H. The Morgan fingerprint density at radius 2 is 1.76 bits per heavy atom. The minimum absolute atomic E-state index is 0. The maximum atomic E-state index is 5.61. The average molecular weight is 576 g/mol. The first-order valence-electron chi connectivity index (χ1n) is 11.4. The van der Waals surface area contributed by atoms with Crippen LogP contribution in [0, 0.1) is 6.92 Å². The molecule has 0 saturated carbocycles. The SMILES string of the molecule is COc1ccc(CCNC(=NCc2nnc(C)n2C)NCCc2ccc3c(c2)CCO3)cc1.I. The third kappa shape index (κ3) is 6.85. The summed E-state index contributed by atoms with van der Waals surface area (Å²) in [6, 6.07) is 14.6. The van der Waals surface area contributed by atoms with E-state index in [9.17, 15) is 0 Å². The van der Waals surface area contributed by atoms with Crippen molar-refractivity contribution in [1.82, 2.24) is 25.4 Å². The molecule has 1 aliphatic rings. The maximum absolute atomic E-state index is 5.61. The number of aliphatic imine (C=N–C) groups is 1. The third-order valence-corrected chi connectivity index (χ3v) is 5.89. The van der Waals surface area contributed by atoms with Gasteiger partial charge in [0.05, 0.1) is 13.7 Å². The fraction of sp³-hybridized carbons (Fsp3) is 0.400. The van der Waals surface area contributed by atoms with Crippen LogP contribution in [0.5, 0.6) is 11.5 Å². The second kappa shape index (κ2) is 12.6. The highest BCUT2D eigenvalue weighted by atomic mass is 127. The van der Waals surface area contributed by atoms with Crippen LogP contribution >= 0.6 is 24.0 Å². The van der Waals surface area contributed by atoms with Gasteiger partial charge in [0.1, 0.15) is 23.9 Å². The molecule has 0 amide bonds. The molecule has 0 fully saturated rings. The number of nitrogens with zero attached hydrogens (tertiary/aromatic N) is 4. The van der Waals surface area contributed by atoms with Gasteiger partial charge in [-0.25, -0.2) is 4.99 Å². The number of guanidine groups is 1. The molecule has 2 aromatic carbocycles. The van der Waals surface area contributed by atoms with Gasteiger partial charge in [0.15, 0.2) is 11.8 Å². The molecule has 2 heterocycles. The molecule has 182 valence electrons. The number of fused-ring (bicyclic) bond motifs is 1. The molecule has 0 radical (unpaired) electrons. The van der Waals surface area contributed by atoms with Crippen molar-refractivity contribution in [1.29, 1.82) is 0 Å². The van der Waals surface area contributed by atoms with Crippen LogP contribution in [0.1, 0.15) is 28.3 Å². The zero-order valence-corrected chi connectivity index (χ0v) is 22.3. The van der Waals surface area contributed by atoms with Crippen LogP contribution < -0.4 is 20.1 Å². The van der Waals surface area contributed by atoms with E-state index in [2.05, 4.69) is 51.2 Å². The Hall–Kier alpha value is -2.82. The highest BCUT2D eigenvalue weighted by Gasteiger charge is 2.12. The predicted molar refractivity (Wildman–Crippen MR) is 144 cm³/mol. The summed E-state index contributed by atoms with van der Waals surface area (Å²) in [7, 11) is 3.64. The second-order valence-electron chi connectivity index (χ2n) is 8.13. The maximum Gasteiger partial charge on any atom is 0.191 e. The van der Waals surface area contributed by atoms with Gasteiger partial charge in [-0.1, -0.05) is 24.3 Å². The van der Waals surface area contributed by atoms with Crippen molar-refractivity contribution in [3.63, 3.8) is 0 Å². The zero-order chi connectivity index (χ0) is 23.0. The number of methoxy groups -OCH3 is 1. The molecule has 34 heavy (non-hydrogen) atoms. The minimum atomic E-state index is 0. The number of halogens is 1. The zero-order valence-electron chi connectivity index (χ0n) is 20.0. The van der Waals surface area contributed by atoms with Crippen LogP contribution in [-0.2, 0) is 32.9 Å². The molecule has 0 bridgehead atoms. The lowest BCUT2D eigenvalue weighted by Gasteiger charge is -2.13. The third-order valence-electron chi connectivity index (χ3n) is 5.89. The summed E-state index contributed by atoms with van der Waals surface area (Å²) in [5, 5.41) is 15.3. The first kappa shape index (κ1) is 25.8. The molecule has 0 unspecified atom stereocenters. The van der Waals surface area contributed by atoms with Crippen LogP contribution in [0.3, 0.4) is 0 Å². The molecule has 0 spiro atoms. The summed E-state index contributed by atoms with van der Waals surface area (Å²) in [6.07, 6.45) is 2.79. The van der Waals surface area contributed by atoms with Gasteiger partial charge < -0.3 is 24.7 Å². The number of benzene rings is 2. The summed E-state index contributed by atoms with van der Waals surface area (Å²) in [5.74, 6) is 4.37. The fourth-order valence-electron chi connectivity index (χ4n) is 3.75. The van der Waals surface area contributed by atoms with Crippen LogP contribution in [-0.4, -0.2) is 47.5 Å². The van der Waals surface area contributed by atoms with Crippen LogP contribution in [0.2, 0.25) is 0 Å². The molecule has 0 atom stereocenters. The number of hydrogen-bond acceptors (Lipinski definition) is 5. The lowest BCUT2D eigenvalue weighted by atomic mass is 10.1.